The number of rotatable bonds is 4. The summed E-state index contributed by atoms with van der Waals surface area (Å²) in [5.74, 6) is -1.06. The molecule has 1 unspecified atom stereocenters. The predicted molar refractivity (Wildman–Crippen MR) is 106 cm³/mol. The van der Waals surface area contributed by atoms with Crippen LogP contribution in [0.2, 0.25) is 0 Å². The van der Waals surface area contributed by atoms with Gasteiger partial charge in [0.2, 0.25) is 0 Å². The fourth-order valence-corrected chi connectivity index (χ4v) is 4.84. The number of halogens is 3. The lowest BCUT2D eigenvalue weighted by molar-refractivity contribution is -0.141. The van der Waals surface area contributed by atoms with E-state index in [9.17, 15) is 23.1 Å². The van der Waals surface area contributed by atoms with Gasteiger partial charge in [-0.3, -0.25) is 4.79 Å². The first-order chi connectivity index (χ1) is 13.8. The van der Waals surface area contributed by atoms with Crippen molar-refractivity contribution in [2.75, 3.05) is 31.1 Å². The monoisotopic (exact) mass is 422 g/mol. The van der Waals surface area contributed by atoms with Gasteiger partial charge in [-0.05, 0) is 72.3 Å². The highest BCUT2D eigenvalue weighted by Crippen LogP contribution is 2.33. The van der Waals surface area contributed by atoms with E-state index in [1.54, 1.807) is 11.9 Å². The number of benzene rings is 2. The Bertz CT molecular complexity index is 894. The molecule has 1 fully saturated rings. The van der Waals surface area contributed by atoms with Crippen LogP contribution in [0.4, 0.5) is 18.9 Å². The molecule has 29 heavy (non-hydrogen) atoms. The topological polar surface area (TPSA) is 43.8 Å². The summed E-state index contributed by atoms with van der Waals surface area (Å²) < 4.78 is 40.4. The van der Waals surface area contributed by atoms with Crippen molar-refractivity contribution < 1.29 is 23.1 Å². The number of alkyl halides is 3. The molecule has 4 rings (SSSR count). The Morgan fingerprint density at radius 3 is 2.24 bits per heavy atom. The number of carboxylic acid groups (broad SMARTS) is 1. The number of anilines is 1. The van der Waals surface area contributed by atoms with Crippen molar-refractivity contribution in [3.05, 3.63) is 59.2 Å². The summed E-state index contributed by atoms with van der Waals surface area (Å²) in [6.07, 6.45) is -3.13. The van der Waals surface area contributed by atoms with E-state index in [-0.39, 0.29) is 5.92 Å². The van der Waals surface area contributed by atoms with Gasteiger partial charge in [-0.15, -0.1) is 0 Å². The van der Waals surface area contributed by atoms with Crippen molar-refractivity contribution in [2.45, 2.75) is 23.9 Å². The van der Waals surface area contributed by atoms with Crippen LogP contribution in [0.5, 0.6) is 0 Å². The lowest BCUT2D eigenvalue weighted by atomic mass is 10.1. The van der Waals surface area contributed by atoms with Crippen LogP contribution in [0.25, 0.3) is 0 Å². The van der Waals surface area contributed by atoms with Gasteiger partial charge in [0.05, 0.1) is 11.5 Å². The second-order valence-corrected chi connectivity index (χ2v) is 8.60. The number of carboxylic acids is 1. The van der Waals surface area contributed by atoms with Crippen molar-refractivity contribution in [1.29, 1.82) is 0 Å². The number of aliphatic carboxylic acids is 1. The molecule has 2 aliphatic rings. The zero-order chi connectivity index (χ0) is 20.6. The third-order valence-electron chi connectivity index (χ3n) is 5.49. The molecule has 2 aromatic rings. The van der Waals surface area contributed by atoms with E-state index in [4.69, 9.17) is 0 Å². The minimum Gasteiger partial charge on any atom is -0.481 e. The maximum absolute atomic E-state index is 12.7. The molecular formula is C21H21F3N2O2S. The minimum absolute atomic E-state index is 0.322. The Balaban J connectivity index is 1.33. The molecule has 1 saturated heterocycles. The summed E-state index contributed by atoms with van der Waals surface area (Å²) in [7, 11) is 0. The summed E-state index contributed by atoms with van der Waals surface area (Å²) in [5, 5.41) is 9.22. The fraction of sp³-hybridized carbons (Fsp3) is 0.381. The highest BCUT2D eigenvalue weighted by molar-refractivity contribution is 7.97. The van der Waals surface area contributed by atoms with Gasteiger partial charge < -0.3 is 10.0 Å². The van der Waals surface area contributed by atoms with E-state index < -0.39 is 17.7 Å². The van der Waals surface area contributed by atoms with E-state index in [2.05, 4.69) is 15.3 Å². The van der Waals surface area contributed by atoms with E-state index in [0.717, 1.165) is 60.0 Å². The first-order valence-corrected chi connectivity index (χ1v) is 10.3. The Labute approximate surface area is 171 Å². The van der Waals surface area contributed by atoms with Crippen LogP contribution >= 0.6 is 11.9 Å². The molecule has 1 aliphatic carbocycles. The van der Waals surface area contributed by atoms with Crippen molar-refractivity contribution >= 4 is 23.6 Å². The lowest BCUT2D eigenvalue weighted by Crippen LogP contribution is -2.43. The third-order valence-corrected chi connectivity index (χ3v) is 6.58. The minimum atomic E-state index is -4.31. The van der Waals surface area contributed by atoms with Gasteiger partial charge in [-0.2, -0.15) is 13.2 Å². The van der Waals surface area contributed by atoms with Gasteiger partial charge in [-0.25, -0.2) is 4.31 Å². The van der Waals surface area contributed by atoms with Crippen LogP contribution < -0.4 is 4.90 Å². The van der Waals surface area contributed by atoms with Gasteiger partial charge in [-0.1, -0.05) is 6.07 Å². The Kier molecular flexibility index (Phi) is 5.48. The molecule has 1 atom stereocenters. The molecule has 1 N–H and O–H groups in total. The van der Waals surface area contributed by atoms with Crippen LogP contribution in [0.3, 0.4) is 0 Å². The molecule has 8 heteroatoms. The maximum atomic E-state index is 12.7. The summed E-state index contributed by atoms with van der Waals surface area (Å²) in [6, 6.07) is 11.5. The number of nitrogens with zero attached hydrogens (tertiary/aromatic N) is 2. The average molecular weight is 422 g/mol. The SMILES string of the molecule is O=C(O)C1Cc2ccc(SN3CCN(c4ccc(C(F)(F)F)cc4)CC3)cc2C1. The van der Waals surface area contributed by atoms with E-state index in [1.807, 2.05) is 12.1 Å². The molecule has 4 nitrogen and oxygen atoms in total. The molecule has 1 heterocycles. The maximum Gasteiger partial charge on any atom is 0.416 e. The summed E-state index contributed by atoms with van der Waals surface area (Å²) in [5.41, 5.74) is 2.41. The number of hydrogen-bond donors (Lipinski definition) is 1. The van der Waals surface area contributed by atoms with Gasteiger partial charge in [0.1, 0.15) is 0 Å². The molecule has 2 aromatic carbocycles. The van der Waals surface area contributed by atoms with Gasteiger partial charge in [0.25, 0.3) is 0 Å². The predicted octanol–water partition coefficient (Wildman–Crippen LogP) is 4.33. The Morgan fingerprint density at radius 2 is 1.62 bits per heavy atom. The lowest BCUT2D eigenvalue weighted by Gasteiger charge is -2.35. The first-order valence-electron chi connectivity index (χ1n) is 9.49. The van der Waals surface area contributed by atoms with Crippen LogP contribution in [0.1, 0.15) is 16.7 Å². The Morgan fingerprint density at radius 1 is 0.966 bits per heavy atom. The molecule has 0 amide bonds. The molecule has 0 bridgehead atoms. The van der Waals surface area contributed by atoms with Crippen LogP contribution in [0.15, 0.2) is 47.4 Å². The second-order valence-electron chi connectivity index (χ2n) is 7.43. The molecule has 0 spiro atoms. The first kappa shape index (κ1) is 20.1. The zero-order valence-corrected chi connectivity index (χ0v) is 16.5. The van der Waals surface area contributed by atoms with Gasteiger partial charge in [0.15, 0.2) is 0 Å². The fourth-order valence-electron chi connectivity index (χ4n) is 3.87. The third kappa shape index (κ3) is 4.53. The van der Waals surface area contributed by atoms with Crippen molar-refractivity contribution in [2.24, 2.45) is 5.92 Å². The van der Waals surface area contributed by atoms with Crippen molar-refractivity contribution in [3.8, 4) is 0 Å². The summed E-state index contributed by atoms with van der Waals surface area (Å²) >= 11 is 1.65. The van der Waals surface area contributed by atoms with Gasteiger partial charge >= 0.3 is 12.1 Å². The molecular weight excluding hydrogens is 401 g/mol. The number of hydrogen-bond acceptors (Lipinski definition) is 4. The van der Waals surface area contributed by atoms with Crippen LogP contribution in [-0.2, 0) is 23.8 Å². The van der Waals surface area contributed by atoms with Gasteiger partial charge in [0, 0.05) is 36.8 Å². The highest BCUT2D eigenvalue weighted by Gasteiger charge is 2.30. The van der Waals surface area contributed by atoms with E-state index in [0.29, 0.717) is 12.8 Å². The second kappa shape index (κ2) is 7.91. The summed E-state index contributed by atoms with van der Waals surface area (Å²) in [4.78, 5) is 14.4. The molecule has 0 radical (unpaired) electrons. The van der Waals surface area contributed by atoms with Crippen molar-refractivity contribution in [1.82, 2.24) is 4.31 Å². The van der Waals surface area contributed by atoms with Crippen LogP contribution in [0, 0.1) is 5.92 Å². The number of carbonyl (C=O) groups is 1. The standard InChI is InChI=1S/C21H21F3N2O2S/c22-21(23,24)17-2-4-18(5-3-17)25-7-9-26(10-8-25)29-19-6-1-14-11-16(20(27)28)12-15(14)13-19/h1-6,13,16H,7-12H2,(H,27,28). The largest absolute Gasteiger partial charge is 0.481 e. The van der Waals surface area contributed by atoms with Crippen molar-refractivity contribution in [3.63, 3.8) is 0 Å². The normalized spacial score (nSPS) is 20.0. The molecule has 0 saturated carbocycles. The Hall–Kier alpha value is -2.19. The molecule has 154 valence electrons. The number of piperazine rings is 1. The average Bonchev–Trinajstić information content (AvgIpc) is 3.12. The highest BCUT2D eigenvalue weighted by atomic mass is 32.2. The molecule has 1 aliphatic heterocycles. The van der Waals surface area contributed by atoms with E-state index >= 15 is 0 Å². The number of fused-ring (bicyclic) bond motifs is 1. The quantitative estimate of drug-likeness (QED) is 0.743. The smallest absolute Gasteiger partial charge is 0.416 e. The zero-order valence-electron chi connectivity index (χ0n) is 15.7. The summed E-state index contributed by atoms with van der Waals surface area (Å²) in [6.45, 7) is 3.07. The van der Waals surface area contributed by atoms with Crippen LogP contribution in [-0.4, -0.2) is 41.6 Å². The molecule has 0 aromatic heterocycles. The van der Waals surface area contributed by atoms with E-state index in [1.165, 1.54) is 12.1 Å².